The Morgan fingerprint density at radius 3 is 2.37 bits per heavy atom. The van der Waals surface area contributed by atoms with E-state index in [2.05, 4.69) is 46.3 Å². The topological polar surface area (TPSA) is 91.1 Å². The van der Waals surface area contributed by atoms with E-state index in [1.165, 1.54) is 17.7 Å². The summed E-state index contributed by atoms with van der Waals surface area (Å²) in [6.07, 6.45) is 1.73. The van der Waals surface area contributed by atoms with Crippen LogP contribution in [0, 0.1) is 0 Å². The van der Waals surface area contributed by atoms with Crippen LogP contribution in [0.25, 0.3) is 0 Å². The molecule has 7 heteroatoms. The zero-order chi connectivity index (χ0) is 21.3. The molecule has 4 N–H and O–H groups in total. The Bertz CT molecular complexity index is 787. The molecule has 2 aromatic rings. The second-order valence-corrected chi connectivity index (χ2v) is 7.68. The molecule has 0 radical (unpaired) electrons. The van der Waals surface area contributed by atoms with Crippen molar-refractivity contribution in [2.75, 3.05) is 49.5 Å². The second-order valence-electron chi connectivity index (χ2n) is 7.68. The molecule has 162 valence electrons. The van der Waals surface area contributed by atoms with Crippen molar-refractivity contribution >= 4 is 17.4 Å². The van der Waals surface area contributed by atoms with Crippen molar-refractivity contribution in [1.82, 2.24) is 4.90 Å². The number of primary amides is 1. The molecule has 0 aromatic heterocycles. The zero-order valence-corrected chi connectivity index (χ0v) is 17.6. The lowest BCUT2D eigenvalue weighted by Gasteiger charge is -2.37. The molecule has 1 atom stereocenters. The van der Waals surface area contributed by atoms with Crippen LogP contribution in [0.15, 0.2) is 48.5 Å². The van der Waals surface area contributed by atoms with E-state index in [1.807, 2.05) is 0 Å². The number of anilines is 2. The predicted molar refractivity (Wildman–Crippen MR) is 120 cm³/mol. The Kier molecular flexibility index (Phi) is 7.93. The number of nitrogens with two attached hydrogens (primary N) is 1. The summed E-state index contributed by atoms with van der Waals surface area (Å²) in [5.74, 6) is 0.639. The van der Waals surface area contributed by atoms with Crippen molar-refractivity contribution in [3.05, 3.63) is 54.1 Å². The number of carbonyl (C=O) groups is 1. The number of hydrogen-bond donors (Lipinski definition) is 3. The highest BCUT2D eigenvalue weighted by atomic mass is 16.5. The molecular formula is C23H32N4O3. The summed E-state index contributed by atoms with van der Waals surface area (Å²) in [4.78, 5) is 15.5. The molecule has 0 spiro atoms. The van der Waals surface area contributed by atoms with Gasteiger partial charge in [-0.1, -0.05) is 25.5 Å². The van der Waals surface area contributed by atoms with Gasteiger partial charge < -0.3 is 25.8 Å². The fourth-order valence-corrected chi connectivity index (χ4v) is 3.67. The van der Waals surface area contributed by atoms with E-state index in [4.69, 9.17) is 10.5 Å². The quantitative estimate of drug-likeness (QED) is 0.589. The molecule has 7 nitrogen and oxygen atoms in total. The molecule has 1 fully saturated rings. The second kappa shape index (κ2) is 10.8. The third-order valence-corrected chi connectivity index (χ3v) is 5.25. The first-order valence-electron chi connectivity index (χ1n) is 10.6. The number of piperazine rings is 1. The molecule has 1 aliphatic heterocycles. The number of ether oxygens (including phenoxy) is 1. The molecule has 0 bridgehead atoms. The Labute approximate surface area is 178 Å². The third kappa shape index (κ3) is 6.64. The number of nitrogens with zero attached hydrogens (tertiary/aromatic N) is 2. The SMILES string of the molecule is CCCc1ccc(N2CCN(C[C@@H](O)COc3ccc(NC(N)=O)cc3)CC2)cc1. The van der Waals surface area contributed by atoms with Crippen LogP contribution in [0.1, 0.15) is 18.9 Å². The van der Waals surface area contributed by atoms with Crippen molar-refractivity contribution < 1.29 is 14.6 Å². The number of carbonyl (C=O) groups excluding carboxylic acids is 1. The monoisotopic (exact) mass is 412 g/mol. The fraction of sp³-hybridized carbons (Fsp3) is 0.435. The van der Waals surface area contributed by atoms with E-state index in [0.717, 1.165) is 32.6 Å². The van der Waals surface area contributed by atoms with Crippen LogP contribution in [-0.2, 0) is 6.42 Å². The van der Waals surface area contributed by atoms with Gasteiger partial charge in [0.15, 0.2) is 0 Å². The van der Waals surface area contributed by atoms with Crippen LogP contribution >= 0.6 is 0 Å². The van der Waals surface area contributed by atoms with E-state index in [1.54, 1.807) is 24.3 Å². The van der Waals surface area contributed by atoms with Gasteiger partial charge in [0.2, 0.25) is 0 Å². The molecule has 3 rings (SSSR count). The van der Waals surface area contributed by atoms with Gasteiger partial charge >= 0.3 is 6.03 Å². The Balaban J connectivity index is 1.38. The van der Waals surface area contributed by atoms with Crippen molar-refractivity contribution in [2.24, 2.45) is 5.73 Å². The maximum atomic E-state index is 10.8. The number of aliphatic hydroxyl groups excluding tert-OH is 1. The van der Waals surface area contributed by atoms with Crippen LogP contribution in [0.5, 0.6) is 5.75 Å². The summed E-state index contributed by atoms with van der Waals surface area (Å²) in [7, 11) is 0. The Hall–Kier alpha value is -2.77. The van der Waals surface area contributed by atoms with Gasteiger partial charge in [0.1, 0.15) is 18.5 Å². The standard InChI is InChI=1S/C23H32N4O3/c1-2-3-18-4-8-20(9-5-18)27-14-12-26(13-15-27)16-21(28)17-30-22-10-6-19(7-11-22)25-23(24)29/h4-11,21,28H,2-3,12-17H2,1H3,(H3,24,25,29)/t21-/m1/s1. The molecule has 30 heavy (non-hydrogen) atoms. The summed E-state index contributed by atoms with van der Waals surface area (Å²) >= 11 is 0. The summed E-state index contributed by atoms with van der Waals surface area (Å²) in [5.41, 5.74) is 8.35. The number of benzene rings is 2. The minimum absolute atomic E-state index is 0.224. The first-order chi connectivity index (χ1) is 14.5. The number of β-amino-alcohol motifs (C(OH)–C–C–N with tert-alkyl or cyclic N) is 1. The fourth-order valence-electron chi connectivity index (χ4n) is 3.67. The van der Waals surface area contributed by atoms with Gasteiger partial charge in [0.05, 0.1) is 0 Å². The van der Waals surface area contributed by atoms with Gasteiger partial charge in [-0.2, -0.15) is 0 Å². The van der Waals surface area contributed by atoms with E-state index >= 15 is 0 Å². The van der Waals surface area contributed by atoms with Crippen LogP contribution in [-0.4, -0.2) is 61.5 Å². The van der Waals surface area contributed by atoms with Crippen molar-refractivity contribution in [3.63, 3.8) is 0 Å². The van der Waals surface area contributed by atoms with Crippen LogP contribution in [0.2, 0.25) is 0 Å². The summed E-state index contributed by atoms with van der Waals surface area (Å²) < 4.78 is 5.66. The van der Waals surface area contributed by atoms with E-state index in [9.17, 15) is 9.90 Å². The van der Waals surface area contributed by atoms with Crippen LogP contribution in [0.4, 0.5) is 16.2 Å². The molecule has 2 amide bonds. The van der Waals surface area contributed by atoms with Crippen LogP contribution < -0.4 is 20.7 Å². The normalized spacial score (nSPS) is 15.6. The number of amides is 2. The van der Waals surface area contributed by atoms with Gasteiger partial charge in [-0.3, -0.25) is 4.90 Å². The van der Waals surface area contributed by atoms with Crippen molar-refractivity contribution in [2.45, 2.75) is 25.9 Å². The lowest BCUT2D eigenvalue weighted by atomic mass is 10.1. The maximum absolute atomic E-state index is 10.8. The maximum Gasteiger partial charge on any atom is 0.316 e. The highest BCUT2D eigenvalue weighted by Gasteiger charge is 2.19. The van der Waals surface area contributed by atoms with Gasteiger partial charge in [0.25, 0.3) is 0 Å². The number of aliphatic hydroxyl groups is 1. The number of aryl methyl sites for hydroxylation is 1. The molecule has 0 unspecified atom stereocenters. The molecule has 0 saturated carbocycles. The van der Waals surface area contributed by atoms with Gasteiger partial charge in [-0.15, -0.1) is 0 Å². The molecule has 1 saturated heterocycles. The van der Waals surface area contributed by atoms with E-state index in [-0.39, 0.29) is 6.61 Å². The number of nitrogens with one attached hydrogen (secondary N) is 1. The van der Waals surface area contributed by atoms with Gasteiger partial charge in [-0.25, -0.2) is 4.79 Å². The summed E-state index contributed by atoms with van der Waals surface area (Å²) in [5, 5.41) is 12.8. The number of rotatable bonds is 9. The first-order valence-corrected chi connectivity index (χ1v) is 10.6. The highest BCUT2D eigenvalue weighted by molar-refractivity contribution is 5.87. The first kappa shape index (κ1) is 21.9. The third-order valence-electron chi connectivity index (χ3n) is 5.25. The molecule has 0 aliphatic carbocycles. The summed E-state index contributed by atoms with van der Waals surface area (Å²) in [6, 6.07) is 15.2. The van der Waals surface area contributed by atoms with Crippen molar-refractivity contribution in [1.29, 1.82) is 0 Å². The van der Waals surface area contributed by atoms with Crippen LogP contribution in [0.3, 0.4) is 0 Å². The lowest BCUT2D eigenvalue weighted by Crippen LogP contribution is -2.49. The molecule has 1 heterocycles. The van der Waals surface area contributed by atoms with Crippen molar-refractivity contribution in [3.8, 4) is 5.75 Å². The van der Waals surface area contributed by atoms with Gasteiger partial charge in [-0.05, 0) is 48.4 Å². The average molecular weight is 413 g/mol. The Morgan fingerprint density at radius 1 is 1.10 bits per heavy atom. The smallest absolute Gasteiger partial charge is 0.316 e. The predicted octanol–water partition coefficient (Wildman–Crippen LogP) is 2.69. The lowest BCUT2D eigenvalue weighted by molar-refractivity contribution is 0.0663. The highest BCUT2D eigenvalue weighted by Crippen LogP contribution is 2.19. The summed E-state index contributed by atoms with van der Waals surface area (Å²) in [6.45, 7) is 6.76. The largest absolute Gasteiger partial charge is 0.491 e. The molecule has 2 aromatic carbocycles. The molecule has 1 aliphatic rings. The van der Waals surface area contributed by atoms with Gasteiger partial charge in [0, 0.05) is 44.1 Å². The Morgan fingerprint density at radius 2 is 1.77 bits per heavy atom. The zero-order valence-electron chi connectivity index (χ0n) is 17.6. The molecular weight excluding hydrogens is 380 g/mol. The number of hydrogen-bond acceptors (Lipinski definition) is 5. The van der Waals surface area contributed by atoms with E-state index < -0.39 is 12.1 Å². The minimum Gasteiger partial charge on any atom is -0.491 e. The minimum atomic E-state index is -0.604. The van der Waals surface area contributed by atoms with E-state index in [0.29, 0.717) is 18.0 Å². The average Bonchev–Trinajstić information content (AvgIpc) is 2.74. The number of urea groups is 1.